The lowest BCUT2D eigenvalue weighted by Crippen LogP contribution is -2.45. The molecule has 2 amide bonds. The molecule has 4 N–H and O–H groups in total. The van der Waals surface area contributed by atoms with Crippen molar-refractivity contribution in [2.75, 3.05) is 32.9 Å². The summed E-state index contributed by atoms with van der Waals surface area (Å²) in [7, 11) is -2.30. The van der Waals surface area contributed by atoms with Crippen LogP contribution in [0.5, 0.6) is 0 Å². The number of carbonyl (C=O) groups is 2. The van der Waals surface area contributed by atoms with Crippen LogP contribution in [0, 0.1) is 0 Å². The lowest BCUT2D eigenvalue weighted by atomic mass is 10.2. The highest BCUT2D eigenvalue weighted by molar-refractivity contribution is 6.60. The first kappa shape index (κ1) is 29.8. The first-order valence-electron chi connectivity index (χ1n) is 10.7. The number of hydrogen-bond donors (Lipinski definition) is 2. The van der Waals surface area contributed by atoms with E-state index in [0.29, 0.717) is 45.8 Å². The molecule has 9 nitrogen and oxygen atoms in total. The van der Waals surface area contributed by atoms with E-state index in [1.54, 1.807) is 0 Å². The van der Waals surface area contributed by atoms with Crippen LogP contribution >= 0.6 is 0 Å². The maximum absolute atomic E-state index is 10.4. The molecule has 0 fully saturated rings. The van der Waals surface area contributed by atoms with E-state index in [4.69, 9.17) is 24.7 Å². The molecule has 29 heavy (non-hydrogen) atoms. The predicted octanol–water partition coefficient (Wildman–Crippen LogP) is 3.19. The van der Waals surface area contributed by atoms with E-state index < -0.39 is 8.80 Å². The van der Waals surface area contributed by atoms with E-state index in [9.17, 15) is 9.59 Å². The third-order valence-electron chi connectivity index (χ3n) is 3.61. The number of carbonyl (C=O) groups excluding carboxylic acids is 2. The predicted molar refractivity (Wildman–Crippen MR) is 116 cm³/mol. The van der Waals surface area contributed by atoms with Crippen LogP contribution in [0.25, 0.3) is 0 Å². The lowest BCUT2D eigenvalue weighted by Gasteiger charge is -2.27. The minimum absolute atomic E-state index is 0.275. The van der Waals surface area contributed by atoms with E-state index >= 15 is 0 Å². The van der Waals surface area contributed by atoms with E-state index in [2.05, 4.69) is 17.2 Å². The zero-order chi connectivity index (χ0) is 22.4. The molecular formula is C19H42N4O5Si. The number of hydrogen-bond acceptors (Lipinski definition) is 7. The van der Waals surface area contributed by atoms with Crippen LogP contribution in [-0.2, 0) is 22.9 Å². The van der Waals surface area contributed by atoms with Gasteiger partial charge in [-0.05, 0) is 46.5 Å². The van der Waals surface area contributed by atoms with Crippen LogP contribution in [0.1, 0.15) is 72.6 Å². The third kappa shape index (κ3) is 21.2. The number of unbranched alkanes of at least 4 members (excludes halogenated alkanes) is 2. The van der Waals surface area contributed by atoms with Crippen LogP contribution < -0.4 is 11.5 Å². The van der Waals surface area contributed by atoms with Gasteiger partial charge in [0, 0.05) is 38.7 Å². The number of nitrogens with zero attached hydrogens (tertiary/aromatic N) is 2. The monoisotopic (exact) mass is 434 g/mol. The molecule has 0 saturated carbocycles. The minimum Gasteiger partial charge on any atom is -0.374 e. The van der Waals surface area contributed by atoms with Crippen molar-refractivity contribution in [2.45, 2.75) is 78.7 Å². The standard InChI is InChI=1S/C10H20N4O2.C9H22O3Si/c11-9(15)5-1-3-7-13-14-8-4-2-6-10(12)16;1-5-9-13(10-6-2,11-7-3)12-8-4/h1-8H2,(H2,11,15)(H2,12,16);5-9H2,1-4H3. The highest BCUT2D eigenvalue weighted by Gasteiger charge is 2.38. The quantitative estimate of drug-likeness (QED) is 0.194. The second kappa shape index (κ2) is 21.3. The molecule has 0 aromatic rings. The summed E-state index contributed by atoms with van der Waals surface area (Å²) >= 11 is 0. The average Bonchev–Trinajstić information content (AvgIpc) is 2.64. The summed E-state index contributed by atoms with van der Waals surface area (Å²) in [5.41, 5.74) is 9.96. The normalized spacial score (nSPS) is 11.3. The highest BCUT2D eigenvalue weighted by atomic mass is 28.4. The molecule has 0 aliphatic heterocycles. The van der Waals surface area contributed by atoms with Gasteiger partial charge in [-0.3, -0.25) is 9.59 Å². The van der Waals surface area contributed by atoms with Gasteiger partial charge >= 0.3 is 8.80 Å². The number of nitrogens with two attached hydrogens (primary N) is 2. The molecule has 0 unspecified atom stereocenters. The largest absolute Gasteiger partial charge is 0.500 e. The molecule has 0 saturated heterocycles. The van der Waals surface area contributed by atoms with Gasteiger partial charge in [-0.2, -0.15) is 10.2 Å². The van der Waals surface area contributed by atoms with Gasteiger partial charge in [0.25, 0.3) is 0 Å². The van der Waals surface area contributed by atoms with Crippen molar-refractivity contribution in [2.24, 2.45) is 21.7 Å². The van der Waals surface area contributed by atoms with Gasteiger partial charge in [-0.1, -0.05) is 13.3 Å². The summed E-state index contributed by atoms with van der Waals surface area (Å²) in [5, 5.41) is 7.88. The fourth-order valence-corrected chi connectivity index (χ4v) is 5.03. The summed E-state index contributed by atoms with van der Waals surface area (Å²) in [4.78, 5) is 20.8. The zero-order valence-electron chi connectivity index (χ0n) is 18.8. The SMILES string of the molecule is CCC[Si](OCC)(OCC)OCC.NC(=O)CCCCN=NCCCCC(N)=O. The van der Waals surface area contributed by atoms with Crippen LogP contribution in [0.2, 0.25) is 6.04 Å². The molecule has 0 atom stereocenters. The summed E-state index contributed by atoms with van der Waals surface area (Å²) in [6.07, 6.45) is 5.04. The molecule has 0 bridgehead atoms. The molecule has 0 radical (unpaired) electrons. The van der Waals surface area contributed by atoms with Crippen LogP contribution in [0.4, 0.5) is 0 Å². The minimum atomic E-state index is -2.30. The summed E-state index contributed by atoms with van der Waals surface area (Å²) in [6.45, 7) is 11.3. The molecule has 172 valence electrons. The first-order chi connectivity index (χ1) is 13.9. The van der Waals surface area contributed by atoms with Gasteiger partial charge < -0.3 is 24.7 Å². The maximum atomic E-state index is 10.4. The lowest BCUT2D eigenvalue weighted by molar-refractivity contribution is -0.119. The average molecular weight is 435 g/mol. The van der Waals surface area contributed by atoms with Crippen molar-refractivity contribution in [3.63, 3.8) is 0 Å². The van der Waals surface area contributed by atoms with Crippen molar-refractivity contribution < 1.29 is 22.9 Å². The van der Waals surface area contributed by atoms with E-state index in [-0.39, 0.29) is 11.8 Å². The Kier molecular flexibility index (Phi) is 22.0. The second-order valence-corrected chi connectivity index (χ2v) is 9.04. The van der Waals surface area contributed by atoms with Crippen molar-refractivity contribution in [1.29, 1.82) is 0 Å². The number of amides is 2. The van der Waals surface area contributed by atoms with E-state index in [1.807, 2.05) is 20.8 Å². The number of azo groups is 1. The van der Waals surface area contributed by atoms with Gasteiger partial charge in [-0.15, -0.1) is 0 Å². The molecule has 0 aromatic heterocycles. The molecule has 0 aromatic carbocycles. The van der Waals surface area contributed by atoms with Crippen molar-refractivity contribution >= 4 is 20.6 Å². The van der Waals surface area contributed by atoms with Gasteiger partial charge in [-0.25, -0.2) is 0 Å². The highest BCUT2D eigenvalue weighted by Crippen LogP contribution is 2.17. The second-order valence-electron chi connectivity index (χ2n) is 6.31. The molecule has 0 rings (SSSR count). The molecular weight excluding hydrogens is 392 g/mol. The molecule has 0 heterocycles. The van der Waals surface area contributed by atoms with Gasteiger partial charge in [0.2, 0.25) is 11.8 Å². The fraction of sp³-hybridized carbons (Fsp3) is 0.895. The Morgan fingerprint density at radius 3 is 1.38 bits per heavy atom. The van der Waals surface area contributed by atoms with Gasteiger partial charge in [0.05, 0.1) is 13.1 Å². The van der Waals surface area contributed by atoms with Crippen LogP contribution in [0.3, 0.4) is 0 Å². The topological polar surface area (TPSA) is 139 Å². The maximum Gasteiger partial charge on any atom is 0.500 e. The Labute approximate surface area is 177 Å². The Balaban J connectivity index is 0. The van der Waals surface area contributed by atoms with Crippen molar-refractivity contribution in [3.05, 3.63) is 0 Å². The Morgan fingerprint density at radius 1 is 0.724 bits per heavy atom. The third-order valence-corrected chi connectivity index (χ3v) is 6.91. The fourth-order valence-electron chi connectivity index (χ4n) is 2.41. The van der Waals surface area contributed by atoms with Crippen molar-refractivity contribution in [3.8, 4) is 0 Å². The summed E-state index contributed by atoms with van der Waals surface area (Å²) in [5.74, 6) is -0.549. The Morgan fingerprint density at radius 2 is 1.10 bits per heavy atom. The smallest absolute Gasteiger partial charge is 0.374 e. The van der Waals surface area contributed by atoms with E-state index in [0.717, 1.165) is 38.1 Å². The van der Waals surface area contributed by atoms with Gasteiger partial charge in [0.1, 0.15) is 0 Å². The molecule has 0 aliphatic carbocycles. The first-order valence-corrected chi connectivity index (χ1v) is 12.6. The van der Waals surface area contributed by atoms with Crippen molar-refractivity contribution in [1.82, 2.24) is 0 Å². The zero-order valence-corrected chi connectivity index (χ0v) is 19.8. The molecule has 0 aliphatic rings. The van der Waals surface area contributed by atoms with Crippen LogP contribution in [0.15, 0.2) is 10.2 Å². The summed E-state index contributed by atoms with van der Waals surface area (Å²) in [6, 6.07) is 0.919. The molecule has 0 spiro atoms. The summed E-state index contributed by atoms with van der Waals surface area (Å²) < 4.78 is 16.9. The Bertz CT molecular complexity index is 385. The Hall–Kier alpha value is -1.36. The molecule has 10 heteroatoms. The number of primary amides is 2. The number of rotatable bonds is 18. The van der Waals surface area contributed by atoms with Crippen LogP contribution in [-0.4, -0.2) is 53.5 Å². The van der Waals surface area contributed by atoms with E-state index in [1.165, 1.54) is 0 Å². The van der Waals surface area contributed by atoms with Gasteiger partial charge in [0.15, 0.2) is 0 Å².